The van der Waals surface area contributed by atoms with Gasteiger partial charge in [0.25, 0.3) is 0 Å². The Labute approximate surface area is 148 Å². The molecule has 7 heteroatoms. The molecular weight excluding hydrogens is 350 g/mol. The van der Waals surface area contributed by atoms with Crippen molar-refractivity contribution in [1.29, 1.82) is 0 Å². The zero-order valence-corrected chi connectivity index (χ0v) is 14.6. The molecule has 22 heavy (non-hydrogen) atoms. The molecule has 0 spiro atoms. The SMILES string of the molecule is Cl.Cl.Oc1c(F)cc(Cl)cc1[C@H](CC1CC1)N1CCNCC1. The molecule has 126 valence electrons. The Morgan fingerprint density at radius 1 is 1.27 bits per heavy atom. The van der Waals surface area contributed by atoms with Gasteiger partial charge in [0, 0.05) is 42.8 Å². The molecule has 0 unspecified atom stereocenters. The molecule has 2 aliphatic rings. The van der Waals surface area contributed by atoms with E-state index in [1.165, 1.54) is 18.9 Å². The van der Waals surface area contributed by atoms with Gasteiger partial charge in [0.15, 0.2) is 11.6 Å². The number of phenols is 1. The summed E-state index contributed by atoms with van der Waals surface area (Å²) in [5.41, 5.74) is 0.642. The lowest BCUT2D eigenvalue weighted by molar-refractivity contribution is 0.157. The van der Waals surface area contributed by atoms with Gasteiger partial charge < -0.3 is 10.4 Å². The summed E-state index contributed by atoms with van der Waals surface area (Å²) in [7, 11) is 0. The van der Waals surface area contributed by atoms with Crippen LogP contribution in [0.3, 0.4) is 0 Å². The van der Waals surface area contributed by atoms with Crippen molar-refractivity contribution in [1.82, 2.24) is 10.2 Å². The van der Waals surface area contributed by atoms with Crippen LogP contribution in [0.1, 0.15) is 30.9 Å². The predicted molar refractivity (Wildman–Crippen MR) is 92.1 cm³/mol. The fourth-order valence-electron chi connectivity index (χ4n) is 2.98. The first-order valence-electron chi connectivity index (χ1n) is 7.28. The van der Waals surface area contributed by atoms with E-state index >= 15 is 0 Å². The quantitative estimate of drug-likeness (QED) is 0.845. The van der Waals surface area contributed by atoms with Crippen LogP contribution in [0.25, 0.3) is 0 Å². The molecule has 1 heterocycles. The van der Waals surface area contributed by atoms with Gasteiger partial charge in [-0.2, -0.15) is 0 Å². The van der Waals surface area contributed by atoms with E-state index in [-0.39, 0.29) is 36.6 Å². The standard InChI is InChI=1S/C15H20ClFN2O.2ClH/c16-11-8-12(15(20)13(17)9-11)14(7-10-1-2-10)19-5-3-18-4-6-19;;/h8-10,14,18,20H,1-7H2;2*1H/t14-;;/m0../s1. The Balaban J connectivity index is 0.00000121. The van der Waals surface area contributed by atoms with Crippen LogP contribution in [0.2, 0.25) is 5.02 Å². The minimum Gasteiger partial charge on any atom is -0.505 e. The topological polar surface area (TPSA) is 35.5 Å². The Morgan fingerprint density at radius 2 is 1.91 bits per heavy atom. The van der Waals surface area contributed by atoms with Crippen molar-refractivity contribution in [3.8, 4) is 5.75 Å². The van der Waals surface area contributed by atoms with Crippen molar-refractivity contribution in [3.63, 3.8) is 0 Å². The number of rotatable bonds is 4. The first kappa shape index (κ1) is 19.8. The zero-order valence-electron chi connectivity index (χ0n) is 12.2. The summed E-state index contributed by atoms with van der Waals surface area (Å²) < 4.78 is 13.8. The minimum absolute atomic E-state index is 0. The second-order valence-corrected chi connectivity index (χ2v) is 6.24. The molecule has 3 nitrogen and oxygen atoms in total. The molecule has 0 bridgehead atoms. The second-order valence-electron chi connectivity index (χ2n) is 5.81. The molecule has 2 N–H and O–H groups in total. The zero-order chi connectivity index (χ0) is 14.1. The molecule has 1 saturated carbocycles. The van der Waals surface area contributed by atoms with E-state index < -0.39 is 5.82 Å². The highest BCUT2D eigenvalue weighted by molar-refractivity contribution is 6.30. The maximum absolute atomic E-state index is 13.8. The molecule has 1 atom stereocenters. The molecular formula is C15H22Cl3FN2O. The molecule has 0 radical (unpaired) electrons. The van der Waals surface area contributed by atoms with Gasteiger partial charge in [-0.1, -0.05) is 24.4 Å². The Hall–Kier alpha value is -0.260. The molecule has 0 amide bonds. The molecule has 2 fully saturated rings. The lowest BCUT2D eigenvalue weighted by Crippen LogP contribution is -2.45. The predicted octanol–water partition coefficient (Wildman–Crippen LogP) is 3.77. The van der Waals surface area contributed by atoms with E-state index in [0.29, 0.717) is 16.5 Å². The van der Waals surface area contributed by atoms with Crippen LogP contribution >= 0.6 is 36.4 Å². The van der Waals surface area contributed by atoms with Gasteiger partial charge in [-0.15, -0.1) is 24.8 Å². The van der Waals surface area contributed by atoms with E-state index in [4.69, 9.17) is 11.6 Å². The van der Waals surface area contributed by atoms with E-state index in [2.05, 4.69) is 10.2 Å². The van der Waals surface area contributed by atoms with Crippen molar-refractivity contribution in [3.05, 3.63) is 28.5 Å². The maximum Gasteiger partial charge on any atom is 0.166 e. The number of nitrogens with one attached hydrogen (secondary N) is 1. The minimum atomic E-state index is -0.622. The molecule has 3 rings (SSSR count). The highest BCUT2D eigenvalue weighted by Crippen LogP contribution is 2.43. The molecule has 1 saturated heterocycles. The van der Waals surface area contributed by atoms with Crippen LogP contribution in [0.5, 0.6) is 5.75 Å². The summed E-state index contributed by atoms with van der Waals surface area (Å²) in [6.45, 7) is 3.71. The van der Waals surface area contributed by atoms with Gasteiger partial charge in [-0.05, 0) is 24.5 Å². The van der Waals surface area contributed by atoms with Crippen LogP contribution < -0.4 is 5.32 Å². The number of halogens is 4. The lowest BCUT2D eigenvalue weighted by atomic mass is 9.97. The lowest BCUT2D eigenvalue weighted by Gasteiger charge is -2.35. The highest BCUT2D eigenvalue weighted by Gasteiger charge is 2.32. The van der Waals surface area contributed by atoms with Gasteiger partial charge in [-0.3, -0.25) is 4.90 Å². The van der Waals surface area contributed by atoms with Gasteiger partial charge in [-0.25, -0.2) is 4.39 Å². The van der Waals surface area contributed by atoms with Crippen molar-refractivity contribution >= 4 is 36.4 Å². The molecule has 1 aromatic carbocycles. The van der Waals surface area contributed by atoms with Crippen LogP contribution in [0, 0.1) is 11.7 Å². The Morgan fingerprint density at radius 3 is 2.50 bits per heavy atom. The Bertz CT molecular complexity index is 494. The van der Waals surface area contributed by atoms with Crippen molar-refractivity contribution in [2.45, 2.75) is 25.3 Å². The van der Waals surface area contributed by atoms with Gasteiger partial charge in [0.1, 0.15) is 0 Å². The fourth-order valence-corrected chi connectivity index (χ4v) is 3.19. The maximum atomic E-state index is 13.8. The number of aromatic hydroxyl groups is 1. The summed E-state index contributed by atoms with van der Waals surface area (Å²) in [4.78, 5) is 2.33. The number of phenolic OH excluding ortho intramolecular Hbond substituents is 1. The van der Waals surface area contributed by atoms with Gasteiger partial charge in [0.05, 0.1) is 0 Å². The van der Waals surface area contributed by atoms with Gasteiger partial charge >= 0.3 is 0 Å². The van der Waals surface area contributed by atoms with Crippen LogP contribution in [0.4, 0.5) is 4.39 Å². The van der Waals surface area contributed by atoms with Crippen LogP contribution in [0.15, 0.2) is 12.1 Å². The number of piperazine rings is 1. The number of benzene rings is 1. The summed E-state index contributed by atoms with van der Waals surface area (Å²) in [5, 5.41) is 13.8. The summed E-state index contributed by atoms with van der Waals surface area (Å²) in [5.74, 6) is -0.154. The largest absolute Gasteiger partial charge is 0.505 e. The number of hydrogen-bond donors (Lipinski definition) is 2. The van der Waals surface area contributed by atoms with E-state index in [1.54, 1.807) is 6.07 Å². The third-order valence-electron chi connectivity index (χ3n) is 4.26. The summed E-state index contributed by atoms with van der Waals surface area (Å²) in [6.07, 6.45) is 3.46. The van der Waals surface area contributed by atoms with Crippen molar-refractivity contribution < 1.29 is 9.50 Å². The average Bonchev–Trinajstić information content (AvgIpc) is 3.25. The molecule has 1 aromatic rings. The second kappa shape index (κ2) is 8.55. The first-order chi connectivity index (χ1) is 9.65. The van der Waals surface area contributed by atoms with Crippen LogP contribution in [-0.4, -0.2) is 36.2 Å². The molecule has 0 aromatic heterocycles. The summed E-state index contributed by atoms with van der Waals surface area (Å²) in [6, 6.07) is 2.96. The fraction of sp³-hybridized carbons (Fsp3) is 0.600. The molecule has 1 aliphatic heterocycles. The normalized spacial score (nSPS) is 19.9. The smallest absolute Gasteiger partial charge is 0.166 e. The first-order valence-corrected chi connectivity index (χ1v) is 7.65. The third-order valence-corrected chi connectivity index (χ3v) is 4.48. The van der Waals surface area contributed by atoms with E-state index in [1.807, 2.05) is 0 Å². The average molecular weight is 372 g/mol. The van der Waals surface area contributed by atoms with E-state index in [0.717, 1.165) is 32.6 Å². The van der Waals surface area contributed by atoms with Crippen LogP contribution in [-0.2, 0) is 0 Å². The number of hydrogen-bond acceptors (Lipinski definition) is 3. The van der Waals surface area contributed by atoms with Crippen molar-refractivity contribution in [2.75, 3.05) is 26.2 Å². The monoisotopic (exact) mass is 370 g/mol. The molecule has 1 aliphatic carbocycles. The van der Waals surface area contributed by atoms with E-state index in [9.17, 15) is 9.50 Å². The van der Waals surface area contributed by atoms with Crippen molar-refractivity contribution in [2.24, 2.45) is 5.92 Å². The Kier molecular flexibility index (Phi) is 7.69. The number of nitrogens with zero attached hydrogens (tertiary/aromatic N) is 1. The highest BCUT2D eigenvalue weighted by atomic mass is 35.5. The van der Waals surface area contributed by atoms with Gasteiger partial charge in [0.2, 0.25) is 0 Å². The third kappa shape index (κ3) is 4.62. The summed E-state index contributed by atoms with van der Waals surface area (Å²) >= 11 is 5.98.